The number of rotatable bonds is 6. The average Bonchev–Trinajstić information content (AvgIpc) is 2.26. The van der Waals surface area contributed by atoms with Crippen molar-refractivity contribution < 1.29 is 4.74 Å². The molecule has 0 aromatic heterocycles. The van der Waals surface area contributed by atoms with E-state index in [4.69, 9.17) is 4.74 Å². The molecule has 0 N–H and O–H groups in total. The van der Waals surface area contributed by atoms with Gasteiger partial charge in [0, 0.05) is 6.61 Å². The molecule has 0 aliphatic heterocycles. The predicted molar refractivity (Wildman–Crippen MR) is 60.2 cm³/mol. The number of ether oxygens (including phenoxy) is 1. The molecule has 0 radical (unpaired) electrons. The highest BCUT2D eigenvalue weighted by Gasteiger charge is 2.05. The van der Waals surface area contributed by atoms with Crippen molar-refractivity contribution in [3.05, 3.63) is 48.6 Å². The first-order valence-electron chi connectivity index (χ1n) is 5.17. The summed E-state index contributed by atoms with van der Waals surface area (Å²) in [6, 6.07) is 10.2. The van der Waals surface area contributed by atoms with Gasteiger partial charge >= 0.3 is 0 Å². The Morgan fingerprint density at radius 1 is 1.36 bits per heavy atom. The summed E-state index contributed by atoms with van der Waals surface area (Å²) in [5.74, 6) is 0. The summed E-state index contributed by atoms with van der Waals surface area (Å²) >= 11 is 0. The lowest BCUT2D eigenvalue weighted by molar-refractivity contribution is 0.0832. The fraction of sp³-hybridized carbons (Fsp3) is 0.385. The van der Waals surface area contributed by atoms with Gasteiger partial charge in [0.1, 0.15) is 6.10 Å². The third-order valence-electron chi connectivity index (χ3n) is 2.14. The van der Waals surface area contributed by atoms with Gasteiger partial charge in [-0.1, -0.05) is 49.8 Å². The summed E-state index contributed by atoms with van der Waals surface area (Å²) in [7, 11) is 0. The third-order valence-corrected chi connectivity index (χ3v) is 2.14. The van der Waals surface area contributed by atoms with E-state index in [1.807, 2.05) is 24.3 Å². The maximum Gasteiger partial charge on any atom is 0.100 e. The molecule has 0 aliphatic rings. The summed E-state index contributed by atoms with van der Waals surface area (Å²) in [4.78, 5) is 0. The Hall–Kier alpha value is -1.08. The molecule has 1 heteroatoms. The average molecular weight is 190 g/mol. The predicted octanol–water partition coefficient (Wildman–Crippen LogP) is 3.73. The minimum Gasteiger partial charge on any atom is -0.369 e. The zero-order valence-electron chi connectivity index (χ0n) is 8.78. The van der Waals surface area contributed by atoms with Gasteiger partial charge in [-0.25, -0.2) is 0 Å². The minimum atomic E-state index is 0.0442. The summed E-state index contributed by atoms with van der Waals surface area (Å²) in [5, 5.41) is 0. The Balaban J connectivity index is 2.50. The summed E-state index contributed by atoms with van der Waals surface area (Å²) < 4.78 is 5.70. The van der Waals surface area contributed by atoms with Gasteiger partial charge in [0.05, 0.1) is 0 Å². The van der Waals surface area contributed by atoms with Crippen molar-refractivity contribution >= 4 is 0 Å². The van der Waals surface area contributed by atoms with Crippen LogP contribution in [0.15, 0.2) is 43.0 Å². The molecule has 1 unspecified atom stereocenters. The molecule has 76 valence electrons. The van der Waals surface area contributed by atoms with Crippen molar-refractivity contribution in [1.29, 1.82) is 0 Å². The first-order chi connectivity index (χ1) is 6.88. The Bertz CT molecular complexity index is 253. The number of hydrogen-bond acceptors (Lipinski definition) is 1. The highest BCUT2D eigenvalue weighted by molar-refractivity contribution is 5.20. The van der Waals surface area contributed by atoms with E-state index >= 15 is 0 Å². The highest BCUT2D eigenvalue weighted by Crippen LogP contribution is 2.18. The molecule has 1 atom stereocenters. The standard InChI is InChI=1S/C13H18O/c1-3-5-11-14-13(4-2)12-9-7-6-8-10-12/h4,6-10,13H,2-3,5,11H2,1H3. The van der Waals surface area contributed by atoms with Gasteiger partial charge in [0.25, 0.3) is 0 Å². The van der Waals surface area contributed by atoms with Crippen molar-refractivity contribution in [2.45, 2.75) is 25.9 Å². The minimum absolute atomic E-state index is 0.0442. The molecule has 0 amide bonds. The molecule has 0 bridgehead atoms. The Morgan fingerprint density at radius 3 is 2.64 bits per heavy atom. The molecule has 0 heterocycles. The molecule has 0 saturated carbocycles. The lowest BCUT2D eigenvalue weighted by atomic mass is 10.1. The lowest BCUT2D eigenvalue weighted by Crippen LogP contribution is -2.02. The maximum atomic E-state index is 5.70. The van der Waals surface area contributed by atoms with Crippen LogP contribution in [0.4, 0.5) is 0 Å². The van der Waals surface area contributed by atoms with E-state index in [2.05, 4.69) is 25.6 Å². The fourth-order valence-electron chi connectivity index (χ4n) is 1.30. The van der Waals surface area contributed by atoms with Crippen LogP contribution in [-0.4, -0.2) is 6.61 Å². The van der Waals surface area contributed by atoms with Gasteiger partial charge in [0.2, 0.25) is 0 Å². The quantitative estimate of drug-likeness (QED) is 0.490. The van der Waals surface area contributed by atoms with Gasteiger partial charge in [-0.3, -0.25) is 0 Å². The maximum absolute atomic E-state index is 5.70. The number of unbranched alkanes of at least 4 members (excludes halogenated alkanes) is 1. The Kier molecular flexibility index (Phi) is 5.02. The van der Waals surface area contributed by atoms with Crippen LogP contribution < -0.4 is 0 Å². The van der Waals surface area contributed by atoms with E-state index in [9.17, 15) is 0 Å². The second-order valence-electron chi connectivity index (χ2n) is 3.29. The van der Waals surface area contributed by atoms with Gasteiger partial charge < -0.3 is 4.74 Å². The zero-order valence-corrected chi connectivity index (χ0v) is 8.78. The van der Waals surface area contributed by atoms with E-state index in [0.29, 0.717) is 0 Å². The highest BCUT2D eigenvalue weighted by atomic mass is 16.5. The Morgan fingerprint density at radius 2 is 2.07 bits per heavy atom. The normalized spacial score (nSPS) is 12.4. The van der Waals surface area contributed by atoms with Gasteiger partial charge in [-0.2, -0.15) is 0 Å². The van der Waals surface area contributed by atoms with Crippen molar-refractivity contribution in [2.24, 2.45) is 0 Å². The molecule has 1 aromatic carbocycles. The SMILES string of the molecule is C=CC(OCCCC)c1ccccc1. The van der Waals surface area contributed by atoms with E-state index in [1.165, 1.54) is 12.0 Å². The van der Waals surface area contributed by atoms with Crippen LogP contribution in [0.3, 0.4) is 0 Å². The van der Waals surface area contributed by atoms with Gasteiger partial charge in [-0.15, -0.1) is 6.58 Å². The van der Waals surface area contributed by atoms with Crippen molar-refractivity contribution in [1.82, 2.24) is 0 Å². The second-order valence-corrected chi connectivity index (χ2v) is 3.29. The molecule has 0 saturated heterocycles. The van der Waals surface area contributed by atoms with Crippen LogP contribution in [0.5, 0.6) is 0 Å². The van der Waals surface area contributed by atoms with Crippen molar-refractivity contribution in [2.75, 3.05) is 6.61 Å². The van der Waals surface area contributed by atoms with E-state index < -0.39 is 0 Å². The number of hydrogen-bond donors (Lipinski definition) is 0. The van der Waals surface area contributed by atoms with Crippen LogP contribution in [0.25, 0.3) is 0 Å². The molecule has 1 nitrogen and oxygen atoms in total. The smallest absolute Gasteiger partial charge is 0.100 e. The van der Waals surface area contributed by atoms with Gasteiger partial charge in [0.15, 0.2) is 0 Å². The fourth-order valence-corrected chi connectivity index (χ4v) is 1.30. The van der Waals surface area contributed by atoms with Crippen LogP contribution >= 0.6 is 0 Å². The summed E-state index contributed by atoms with van der Waals surface area (Å²) in [6.07, 6.45) is 4.17. The topological polar surface area (TPSA) is 9.23 Å². The van der Waals surface area contributed by atoms with Crippen LogP contribution in [-0.2, 0) is 4.74 Å². The van der Waals surface area contributed by atoms with E-state index in [1.54, 1.807) is 0 Å². The molecule has 1 aromatic rings. The molecular formula is C13H18O. The number of benzene rings is 1. The second kappa shape index (κ2) is 6.39. The zero-order chi connectivity index (χ0) is 10.2. The molecule has 0 aliphatic carbocycles. The van der Waals surface area contributed by atoms with Crippen LogP contribution in [0.1, 0.15) is 31.4 Å². The third kappa shape index (κ3) is 3.35. The molecular weight excluding hydrogens is 172 g/mol. The summed E-state index contributed by atoms with van der Waals surface area (Å²) in [6.45, 7) is 6.76. The van der Waals surface area contributed by atoms with Gasteiger partial charge in [-0.05, 0) is 12.0 Å². The van der Waals surface area contributed by atoms with E-state index in [-0.39, 0.29) is 6.10 Å². The van der Waals surface area contributed by atoms with Crippen molar-refractivity contribution in [3.8, 4) is 0 Å². The molecule has 0 spiro atoms. The van der Waals surface area contributed by atoms with Crippen molar-refractivity contribution in [3.63, 3.8) is 0 Å². The Labute approximate surface area is 86.4 Å². The first kappa shape index (κ1) is 11.0. The van der Waals surface area contributed by atoms with E-state index in [0.717, 1.165) is 13.0 Å². The summed E-state index contributed by atoms with van der Waals surface area (Å²) in [5.41, 5.74) is 1.18. The van der Waals surface area contributed by atoms with Crippen LogP contribution in [0.2, 0.25) is 0 Å². The monoisotopic (exact) mass is 190 g/mol. The largest absolute Gasteiger partial charge is 0.369 e. The molecule has 0 fully saturated rings. The molecule has 14 heavy (non-hydrogen) atoms. The lowest BCUT2D eigenvalue weighted by Gasteiger charge is -2.13. The van der Waals surface area contributed by atoms with Crippen LogP contribution in [0, 0.1) is 0 Å². The molecule has 1 rings (SSSR count). The first-order valence-corrected chi connectivity index (χ1v) is 5.17.